The largest absolute Gasteiger partial charge is 0.361 e. The van der Waals surface area contributed by atoms with Gasteiger partial charge in [0.15, 0.2) is 0 Å². The van der Waals surface area contributed by atoms with Gasteiger partial charge in [0.25, 0.3) is 0 Å². The van der Waals surface area contributed by atoms with E-state index in [1.165, 1.54) is 10.9 Å². The lowest BCUT2D eigenvalue weighted by Gasteiger charge is -2.24. The Morgan fingerprint density at radius 3 is 3.08 bits per heavy atom. The lowest BCUT2D eigenvalue weighted by atomic mass is 10.1. The van der Waals surface area contributed by atoms with E-state index in [1.54, 1.807) is 12.4 Å². The zero-order valence-electron chi connectivity index (χ0n) is 14.4. The zero-order chi connectivity index (χ0) is 17.2. The molecule has 1 atom stereocenters. The van der Waals surface area contributed by atoms with Crippen LogP contribution in [0.5, 0.6) is 0 Å². The van der Waals surface area contributed by atoms with E-state index in [2.05, 4.69) is 27.1 Å². The Hall–Kier alpha value is -2.69. The molecule has 3 aromatic rings. The van der Waals surface area contributed by atoms with Gasteiger partial charge in [-0.1, -0.05) is 18.2 Å². The number of nitrogens with one attached hydrogen (secondary N) is 1. The molecule has 128 valence electrons. The summed E-state index contributed by atoms with van der Waals surface area (Å²) >= 11 is 0. The van der Waals surface area contributed by atoms with Crippen LogP contribution >= 0.6 is 0 Å². The van der Waals surface area contributed by atoms with Crippen molar-refractivity contribution in [2.45, 2.75) is 38.6 Å². The number of para-hydroxylation sites is 1. The first-order valence-corrected chi connectivity index (χ1v) is 8.85. The summed E-state index contributed by atoms with van der Waals surface area (Å²) in [4.78, 5) is 26.9. The Labute approximate surface area is 147 Å². The molecule has 25 heavy (non-hydrogen) atoms. The summed E-state index contributed by atoms with van der Waals surface area (Å²) < 4.78 is 0. The van der Waals surface area contributed by atoms with Crippen LogP contribution in [0.15, 0.2) is 42.9 Å². The van der Waals surface area contributed by atoms with Crippen molar-refractivity contribution in [3.05, 3.63) is 59.8 Å². The number of aromatic nitrogens is 3. The molecule has 1 saturated heterocycles. The molecule has 5 nitrogen and oxygen atoms in total. The molecule has 1 fully saturated rings. The minimum absolute atomic E-state index is 0.0721. The molecule has 0 bridgehead atoms. The topological polar surface area (TPSA) is 61.9 Å². The van der Waals surface area contributed by atoms with Gasteiger partial charge in [-0.05, 0) is 37.8 Å². The second kappa shape index (κ2) is 6.67. The Bertz CT molecular complexity index is 901. The minimum Gasteiger partial charge on any atom is -0.361 e. The van der Waals surface area contributed by atoms with E-state index in [4.69, 9.17) is 0 Å². The molecule has 0 unspecified atom stereocenters. The third-order valence-electron chi connectivity index (χ3n) is 4.97. The first-order chi connectivity index (χ1) is 12.2. The lowest BCUT2D eigenvalue weighted by Crippen LogP contribution is -2.31. The molecule has 0 spiro atoms. The molecule has 0 aliphatic carbocycles. The third-order valence-corrected chi connectivity index (χ3v) is 4.97. The molecule has 2 aromatic heterocycles. The van der Waals surface area contributed by atoms with Crippen molar-refractivity contribution in [2.75, 3.05) is 6.54 Å². The molecule has 1 aliphatic heterocycles. The van der Waals surface area contributed by atoms with Crippen molar-refractivity contribution >= 4 is 16.8 Å². The molecule has 3 heterocycles. The number of carbonyl (C=O) groups is 1. The maximum atomic E-state index is 12.8. The molecular formula is C20H22N4O. The number of H-pyrrole nitrogens is 1. The molecule has 1 aliphatic rings. The molecule has 0 saturated carbocycles. The number of rotatable bonds is 4. The second-order valence-electron chi connectivity index (χ2n) is 6.69. The maximum absolute atomic E-state index is 12.8. The van der Waals surface area contributed by atoms with Crippen molar-refractivity contribution in [1.29, 1.82) is 0 Å². The van der Waals surface area contributed by atoms with Crippen molar-refractivity contribution in [2.24, 2.45) is 0 Å². The molecule has 1 amide bonds. The number of aryl methyl sites for hydroxylation is 2. The van der Waals surface area contributed by atoms with Crippen LogP contribution in [0.3, 0.4) is 0 Å². The second-order valence-corrected chi connectivity index (χ2v) is 6.69. The van der Waals surface area contributed by atoms with Crippen LogP contribution in [0.2, 0.25) is 0 Å². The van der Waals surface area contributed by atoms with E-state index in [1.807, 2.05) is 30.2 Å². The van der Waals surface area contributed by atoms with E-state index >= 15 is 0 Å². The highest BCUT2D eigenvalue weighted by atomic mass is 16.2. The van der Waals surface area contributed by atoms with Crippen molar-refractivity contribution < 1.29 is 4.79 Å². The van der Waals surface area contributed by atoms with E-state index in [0.717, 1.165) is 42.7 Å². The van der Waals surface area contributed by atoms with Gasteiger partial charge < -0.3 is 9.88 Å². The zero-order valence-corrected chi connectivity index (χ0v) is 14.4. The number of aromatic amines is 1. The quantitative estimate of drug-likeness (QED) is 0.793. The van der Waals surface area contributed by atoms with Gasteiger partial charge in [-0.15, -0.1) is 0 Å². The third kappa shape index (κ3) is 3.14. The SMILES string of the molecule is Cc1cncc([C@@H]2CCCN2C(=O)CCc2c[nH]c3ccccc23)n1. The van der Waals surface area contributed by atoms with E-state index in [9.17, 15) is 4.79 Å². The molecule has 0 radical (unpaired) electrons. The van der Waals surface area contributed by atoms with E-state index in [-0.39, 0.29) is 11.9 Å². The number of fused-ring (bicyclic) bond motifs is 1. The number of benzene rings is 1. The predicted octanol–water partition coefficient (Wildman–Crippen LogP) is 3.56. The average Bonchev–Trinajstić information content (AvgIpc) is 3.27. The summed E-state index contributed by atoms with van der Waals surface area (Å²) in [5.41, 5.74) is 4.14. The van der Waals surface area contributed by atoms with Crippen LogP contribution in [0.25, 0.3) is 10.9 Å². The first-order valence-electron chi connectivity index (χ1n) is 8.85. The first kappa shape index (κ1) is 15.8. The number of amides is 1. The van der Waals surface area contributed by atoms with Gasteiger partial charge in [0.2, 0.25) is 5.91 Å². The van der Waals surface area contributed by atoms with Gasteiger partial charge in [0.1, 0.15) is 0 Å². The molecule has 1 N–H and O–H groups in total. The Kier molecular flexibility index (Phi) is 4.22. The smallest absolute Gasteiger partial charge is 0.223 e. The number of nitrogens with zero attached hydrogens (tertiary/aromatic N) is 3. The van der Waals surface area contributed by atoms with Gasteiger partial charge in [-0.2, -0.15) is 0 Å². The summed E-state index contributed by atoms with van der Waals surface area (Å²) in [6, 6.07) is 8.29. The van der Waals surface area contributed by atoms with Crippen LogP contribution in [0.4, 0.5) is 0 Å². The highest BCUT2D eigenvalue weighted by Crippen LogP contribution is 2.31. The fourth-order valence-electron chi connectivity index (χ4n) is 3.74. The monoisotopic (exact) mass is 334 g/mol. The molecule has 5 heteroatoms. The number of likely N-dealkylation sites (tertiary alicyclic amines) is 1. The van der Waals surface area contributed by atoms with E-state index in [0.29, 0.717) is 6.42 Å². The van der Waals surface area contributed by atoms with Crippen molar-refractivity contribution in [3.63, 3.8) is 0 Å². The number of hydrogen-bond donors (Lipinski definition) is 1. The summed E-state index contributed by atoms with van der Waals surface area (Å²) in [7, 11) is 0. The lowest BCUT2D eigenvalue weighted by molar-refractivity contribution is -0.132. The fraction of sp³-hybridized carbons (Fsp3) is 0.350. The van der Waals surface area contributed by atoms with Crippen molar-refractivity contribution in [1.82, 2.24) is 19.9 Å². The fourth-order valence-corrected chi connectivity index (χ4v) is 3.74. The van der Waals surface area contributed by atoms with Crippen LogP contribution in [0, 0.1) is 6.92 Å². The van der Waals surface area contributed by atoms with Crippen LogP contribution < -0.4 is 0 Å². The number of carbonyl (C=O) groups excluding carboxylic acids is 1. The van der Waals surface area contributed by atoms with Crippen LogP contribution in [0.1, 0.15) is 42.3 Å². The maximum Gasteiger partial charge on any atom is 0.223 e. The van der Waals surface area contributed by atoms with Gasteiger partial charge in [-0.25, -0.2) is 0 Å². The predicted molar refractivity (Wildman–Crippen MR) is 97.1 cm³/mol. The summed E-state index contributed by atoms with van der Waals surface area (Å²) in [5, 5.41) is 1.21. The highest BCUT2D eigenvalue weighted by molar-refractivity contribution is 5.84. The van der Waals surface area contributed by atoms with Crippen LogP contribution in [-0.2, 0) is 11.2 Å². The molecular weight excluding hydrogens is 312 g/mol. The van der Waals surface area contributed by atoms with E-state index < -0.39 is 0 Å². The van der Waals surface area contributed by atoms with Crippen molar-refractivity contribution in [3.8, 4) is 0 Å². The summed E-state index contributed by atoms with van der Waals surface area (Å²) in [6.07, 6.45) is 8.84. The normalized spacial score (nSPS) is 17.3. The minimum atomic E-state index is 0.0721. The Morgan fingerprint density at radius 2 is 2.20 bits per heavy atom. The number of hydrogen-bond acceptors (Lipinski definition) is 3. The van der Waals surface area contributed by atoms with Gasteiger partial charge >= 0.3 is 0 Å². The highest BCUT2D eigenvalue weighted by Gasteiger charge is 2.30. The van der Waals surface area contributed by atoms with Crippen LogP contribution in [-0.4, -0.2) is 32.3 Å². The van der Waals surface area contributed by atoms with Gasteiger partial charge in [0.05, 0.1) is 23.6 Å². The standard InChI is InChI=1S/C20H22N4O/c1-14-11-21-13-18(23-14)19-7-4-10-24(19)20(25)9-8-15-12-22-17-6-3-2-5-16(15)17/h2-3,5-6,11-13,19,22H,4,7-10H2,1H3/t19-/m0/s1. The van der Waals surface area contributed by atoms with Gasteiger partial charge in [-0.3, -0.25) is 14.8 Å². The summed E-state index contributed by atoms with van der Waals surface area (Å²) in [6.45, 7) is 2.75. The Balaban J connectivity index is 1.47. The molecule has 1 aromatic carbocycles. The Morgan fingerprint density at radius 1 is 1.32 bits per heavy atom. The average molecular weight is 334 g/mol. The molecule has 4 rings (SSSR count). The van der Waals surface area contributed by atoms with Gasteiger partial charge in [0, 0.05) is 36.3 Å². The summed E-state index contributed by atoms with van der Waals surface area (Å²) in [5.74, 6) is 0.205.